The van der Waals surface area contributed by atoms with E-state index in [0.717, 1.165) is 0 Å². The highest BCUT2D eigenvalue weighted by molar-refractivity contribution is 6.32. The zero-order valence-electron chi connectivity index (χ0n) is 10.5. The number of hydrogen-bond donors (Lipinski definition) is 0. The summed E-state index contributed by atoms with van der Waals surface area (Å²) in [6, 6.07) is 9.60. The van der Waals surface area contributed by atoms with Gasteiger partial charge in [-0.25, -0.2) is 4.39 Å². The van der Waals surface area contributed by atoms with E-state index in [1.165, 1.54) is 36.4 Å². The van der Waals surface area contributed by atoms with Crippen molar-refractivity contribution < 1.29 is 14.1 Å². The van der Waals surface area contributed by atoms with E-state index in [2.05, 4.69) is 0 Å². The lowest BCUT2D eigenvalue weighted by atomic mass is 10.1. The van der Waals surface area contributed by atoms with Crippen LogP contribution in [0.1, 0.15) is 11.1 Å². The largest absolute Gasteiger partial charge is 0.487 e. The second-order valence-corrected chi connectivity index (χ2v) is 4.49. The monoisotopic (exact) mass is 306 g/mol. The molecule has 0 unspecified atom stereocenters. The molecule has 0 aliphatic heterocycles. The second kappa shape index (κ2) is 6.20. The van der Waals surface area contributed by atoms with Crippen LogP contribution in [0.4, 0.5) is 10.1 Å². The summed E-state index contributed by atoms with van der Waals surface area (Å²) in [5, 5.41) is 19.4. The van der Waals surface area contributed by atoms with Gasteiger partial charge in [0.05, 0.1) is 15.5 Å². The third-order valence-electron chi connectivity index (χ3n) is 2.67. The molecule has 0 radical (unpaired) electrons. The molecule has 0 atom stereocenters. The van der Waals surface area contributed by atoms with Crippen molar-refractivity contribution in [3.05, 3.63) is 68.5 Å². The molecular weight excluding hydrogens is 299 g/mol. The van der Waals surface area contributed by atoms with Gasteiger partial charge in [-0.3, -0.25) is 10.1 Å². The first-order chi connectivity index (χ1) is 10.0. The first-order valence-electron chi connectivity index (χ1n) is 5.76. The number of benzene rings is 2. The summed E-state index contributed by atoms with van der Waals surface area (Å²) in [6.07, 6.45) is 0. The number of halogens is 2. The Balaban J connectivity index is 2.13. The number of hydrogen-bond acceptors (Lipinski definition) is 4. The zero-order chi connectivity index (χ0) is 15.4. The van der Waals surface area contributed by atoms with Crippen LogP contribution in [0.5, 0.6) is 5.75 Å². The minimum absolute atomic E-state index is 0.0620. The van der Waals surface area contributed by atoms with Gasteiger partial charge in [0.15, 0.2) is 0 Å². The number of nitrogens with zero attached hydrogens (tertiary/aromatic N) is 2. The molecule has 0 fully saturated rings. The summed E-state index contributed by atoms with van der Waals surface area (Å²) < 4.78 is 18.6. The molecule has 21 heavy (non-hydrogen) atoms. The van der Waals surface area contributed by atoms with Gasteiger partial charge in [-0.15, -0.1) is 0 Å². The Morgan fingerprint density at radius 1 is 1.33 bits per heavy atom. The average molecular weight is 307 g/mol. The number of nitro benzene ring substituents is 1. The Morgan fingerprint density at radius 2 is 2.10 bits per heavy atom. The summed E-state index contributed by atoms with van der Waals surface area (Å²) in [7, 11) is 0. The van der Waals surface area contributed by atoms with E-state index in [4.69, 9.17) is 21.6 Å². The Kier molecular flexibility index (Phi) is 4.36. The maximum absolute atomic E-state index is 13.2. The topological polar surface area (TPSA) is 76.2 Å². The maximum Gasteiger partial charge on any atom is 0.271 e. The summed E-state index contributed by atoms with van der Waals surface area (Å²) >= 11 is 5.88. The summed E-state index contributed by atoms with van der Waals surface area (Å²) in [5.74, 6) is -0.334. The highest BCUT2D eigenvalue weighted by atomic mass is 35.5. The fourth-order valence-corrected chi connectivity index (χ4v) is 1.86. The third-order valence-corrected chi connectivity index (χ3v) is 2.97. The Bertz CT molecular complexity index is 743. The number of non-ortho nitro benzene ring substituents is 1. The van der Waals surface area contributed by atoms with Crippen LogP contribution in [-0.2, 0) is 6.61 Å². The summed E-state index contributed by atoms with van der Waals surface area (Å²) in [4.78, 5) is 10.0. The van der Waals surface area contributed by atoms with E-state index in [-0.39, 0.29) is 28.6 Å². The van der Waals surface area contributed by atoms with Crippen LogP contribution in [-0.4, -0.2) is 4.92 Å². The number of rotatable bonds is 4. The van der Waals surface area contributed by atoms with Crippen molar-refractivity contribution in [3.63, 3.8) is 0 Å². The van der Waals surface area contributed by atoms with Crippen molar-refractivity contribution in [1.82, 2.24) is 0 Å². The van der Waals surface area contributed by atoms with Crippen LogP contribution >= 0.6 is 11.6 Å². The lowest BCUT2D eigenvalue weighted by Crippen LogP contribution is -1.98. The molecule has 106 valence electrons. The first-order valence-corrected chi connectivity index (χ1v) is 6.14. The van der Waals surface area contributed by atoms with Gasteiger partial charge in [-0.1, -0.05) is 17.7 Å². The van der Waals surface area contributed by atoms with Gasteiger partial charge in [0.1, 0.15) is 24.2 Å². The Hall–Kier alpha value is -2.65. The van der Waals surface area contributed by atoms with Crippen molar-refractivity contribution in [1.29, 1.82) is 5.26 Å². The highest BCUT2D eigenvalue weighted by Gasteiger charge is 2.11. The summed E-state index contributed by atoms with van der Waals surface area (Å²) in [5.41, 5.74) is 0.370. The second-order valence-electron chi connectivity index (χ2n) is 4.09. The molecule has 0 saturated heterocycles. The molecule has 0 spiro atoms. The van der Waals surface area contributed by atoms with E-state index in [9.17, 15) is 14.5 Å². The first kappa shape index (κ1) is 14.8. The van der Waals surface area contributed by atoms with Crippen molar-refractivity contribution in [2.45, 2.75) is 6.61 Å². The van der Waals surface area contributed by atoms with E-state index < -0.39 is 10.7 Å². The molecule has 0 heterocycles. The maximum atomic E-state index is 13.2. The smallest absolute Gasteiger partial charge is 0.271 e. The van der Waals surface area contributed by atoms with Gasteiger partial charge >= 0.3 is 0 Å². The van der Waals surface area contributed by atoms with Crippen molar-refractivity contribution in [2.24, 2.45) is 0 Å². The van der Waals surface area contributed by atoms with Gasteiger partial charge in [0.25, 0.3) is 5.69 Å². The van der Waals surface area contributed by atoms with Crippen molar-refractivity contribution in [3.8, 4) is 11.8 Å². The average Bonchev–Trinajstić information content (AvgIpc) is 2.47. The molecule has 0 saturated carbocycles. The fourth-order valence-electron chi connectivity index (χ4n) is 1.63. The lowest BCUT2D eigenvalue weighted by molar-refractivity contribution is -0.384. The number of nitro groups is 1. The van der Waals surface area contributed by atoms with Gasteiger partial charge in [0, 0.05) is 12.1 Å². The highest BCUT2D eigenvalue weighted by Crippen LogP contribution is 2.29. The quantitative estimate of drug-likeness (QED) is 0.635. The third kappa shape index (κ3) is 3.46. The molecule has 0 N–H and O–H groups in total. The zero-order valence-corrected chi connectivity index (χ0v) is 11.3. The van der Waals surface area contributed by atoms with Gasteiger partial charge in [-0.2, -0.15) is 5.26 Å². The van der Waals surface area contributed by atoms with E-state index >= 15 is 0 Å². The molecule has 2 aromatic carbocycles. The molecule has 7 heteroatoms. The molecule has 2 aromatic rings. The molecule has 0 aliphatic rings. The fraction of sp³-hybridized carbons (Fsp3) is 0.0714. The van der Waals surface area contributed by atoms with Crippen molar-refractivity contribution in [2.75, 3.05) is 0 Å². The van der Waals surface area contributed by atoms with Crippen LogP contribution < -0.4 is 4.74 Å². The van der Waals surface area contributed by atoms with E-state index in [0.29, 0.717) is 5.56 Å². The predicted octanol–water partition coefficient (Wildman–Crippen LogP) is 3.84. The van der Waals surface area contributed by atoms with E-state index in [1.807, 2.05) is 0 Å². The number of nitriles is 1. The van der Waals surface area contributed by atoms with Gasteiger partial charge in [0.2, 0.25) is 0 Å². The minimum Gasteiger partial charge on any atom is -0.487 e. The minimum atomic E-state index is -0.602. The normalized spacial score (nSPS) is 9.95. The molecular formula is C14H8ClFN2O3. The SMILES string of the molecule is N#Cc1cc(COc2ccc([N+](=O)[O-])cc2Cl)ccc1F. The lowest BCUT2D eigenvalue weighted by Gasteiger charge is -2.08. The van der Waals surface area contributed by atoms with Crippen LogP contribution in [0.25, 0.3) is 0 Å². The predicted molar refractivity (Wildman–Crippen MR) is 73.6 cm³/mol. The molecule has 2 rings (SSSR count). The standard InChI is InChI=1S/C14H8ClFN2O3/c15-12-6-11(18(19)20)2-4-14(12)21-8-9-1-3-13(16)10(5-9)7-17/h1-6H,8H2. The van der Waals surface area contributed by atoms with Gasteiger partial charge in [-0.05, 0) is 23.8 Å². The number of ether oxygens (including phenoxy) is 1. The summed E-state index contributed by atoms with van der Waals surface area (Å²) in [6.45, 7) is 0.0620. The van der Waals surface area contributed by atoms with Gasteiger partial charge < -0.3 is 4.74 Å². The van der Waals surface area contributed by atoms with Crippen LogP contribution in [0.15, 0.2) is 36.4 Å². The van der Waals surface area contributed by atoms with E-state index in [1.54, 1.807) is 6.07 Å². The molecule has 5 nitrogen and oxygen atoms in total. The van der Waals surface area contributed by atoms with Crippen molar-refractivity contribution >= 4 is 17.3 Å². The molecule has 0 aliphatic carbocycles. The van der Waals surface area contributed by atoms with Crippen LogP contribution in [0.2, 0.25) is 5.02 Å². The Labute approximate surface area is 124 Å². The molecule has 0 bridgehead atoms. The van der Waals surface area contributed by atoms with Crippen LogP contribution in [0.3, 0.4) is 0 Å². The Morgan fingerprint density at radius 3 is 2.71 bits per heavy atom. The van der Waals surface area contributed by atoms with Crippen LogP contribution in [0, 0.1) is 27.3 Å². The molecule has 0 aromatic heterocycles. The molecule has 0 amide bonds.